The molecule has 1 unspecified atom stereocenters. The maximum absolute atomic E-state index is 13.8. The van der Waals surface area contributed by atoms with E-state index in [1.54, 1.807) is 69.2 Å². The number of carbonyl (C=O) groups excluding carboxylic acids is 6. The molecule has 0 radical (unpaired) electrons. The van der Waals surface area contributed by atoms with Crippen LogP contribution in [0.4, 0.5) is 9.59 Å². The first-order chi connectivity index (χ1) is 70.1. The van der Waals surface area contributed by atoms with Crippen LogP contribution in [-0.2, 0) is 124 Å². The van der Waals surface area contributed by atoms with Gasteiger partial charge in [-0.3, -0.25) is 122 Å². The van der Waals surface area contributed by atoms with Gasteiger partial charge in [-0.15, -0.1) is 46.4 Å². The molecule has 6 saturated heterocycles. The van der Waals surface area contributed by atoms with Gasteiger partial charge in [-0.05, 0) is 79.4 Å². The number of alkyl carbamates (subject to hydrolysis) is 2. The van der Waals surface area contributed by atoms with E-state index >= 15 is 0 Å². The van der Waals surface area contributed by atoms with Gasteiger partial charge in [0.05, 0.1) is 91.1 Å². The maximum atomic E-state index is 13.8. The summed E-state index contributed by atoms with van der Waals surface area (Å²) in [6, 6.07) is 22.8. The first kappa shape index (κ1) is 127. The number of thioether (sulfide) groups is 4. The quantitative estimate of drug-likeness (QED) is 0.00978. The molecule has 2 amide bonds. The first-order valence-corrected chi connectivity index (χ1v) is 57.7. The number of H-pyrrole nitrogens is 4. The smallest absolute Gasteiger partial charge is 0.453 e. The number of nitrogens with one attached hydrogen (secondary N) is 8. The topological polar surface area (TPSA) is 667 Å². The minimum Gasteiger partial charge on any atom is -0.453 e. The third-order valence-electron chi connectivity index (χ3n) is 23.6. The number of phosphoric ester groups is 2. The summed E-state index contributed by atoms with van der Waals surface area (Å²) >= 11 is 30.3. The highest BCUT2D eigenvalue weighted by Gasteiger charge is 2.63. The predicted octanol–water partition coefficient (Wildman–Crippen LogP) is 8.01. The molecule has 62 heteroatoms. The van der Waals surface area contributed by atoms with E-state index in [0.717, 1.165) is 101 Å². The molecule has 0 saturated carbocycles. The lowest BCUT2D eigenvalue weighted by molar-refractivity contribution is -0.120. The average Bonchev–Trinajstić information content (AvgIpc) is 1.59. The molecule has 4 aromatic heterocycles. The lowest BCUT2D eigenvalue weighted by Crippen LogP contribution is -2.45. The number of nitrogens with zero attached hydrogens (tertiary/aromatic N) is 4. The zero-order valence-electron chi connectivity index (χ0n) is 83.9. The molecule has 6 aliphatic rings. The zero-order valence-corrected chi connectivity index (χ0v) is 93.7. The minimum atomic E-state index is -4.03. The van der Waals surface area contributed by atoms with Crippen LogP contribution in [0.5, 0.6) is 0 Å². The summed E-state index contributed by atoms with van der Waals surface area (Å²) in [4.78, 5) is 170. The van der Waals surface area contributed by atoms with Crippen molar-refractivity contribution in [3.05, 3.63) is 204 Å². The molecule has 6 aliphatic heterocycles. The number of hydrogen-bond acceptors (Lipinski definition) is 42. The van der Waals surface area contributed by atoms with Crippen molar-refractivity contribution >= 4 is 157 Å². The normalized spacial score (nSPS) is 27.3. The average molecular weight is 2350 g/mol. The number of rotatable bonds is 44. The number of aliphatic hydroxyl groups excluding tert-OH is 4. The molecule has 50 nitrogen and oxygen atoms in total. The Morgan fingerprint density at radius 2 is 0.727 bits per heavy atom. The van der Waals surface area contributed by atoms with Gasteiger partial charge in [0.25, 0.3) is 22.2 Å². The van der Waals surface area contributed by atoms with Gasteiger partial charge in [0.2, 0.25) is 0 Å². The van der Waals surface area contributed by atoms with Crippen molar-refractivity contribution < 1.29 is 141 Å². The van der Waals surface area contributed by atoms with Gasteiger partial charge in [-0.25, -0.2) is 57.2 Å². The van der Waals surface area contributed by atoms with Gasteiger partial charge in [0.15, 0.2) is 45.4 Å². The highest BCUT2D eigenvalue weighted by Crippen LogP contribution is 2.62. The second kappa shape index (κ2) is 54.8. The van der Waals surface area contributed by atoms with Crippen LogP contribution in [0, 0.1) is 21.7 Å². The van der Waals surface area contributed by atoms with Gasteiger partial charge in [-0.2, -0.15) is 0 Å². The van der Waals surface area contributed by atoms with Crippen molar-refractivity contribution in [2.24, 2.45) is 21.7 Å². The Hall–Kier alpha value is -6.94. The fourth-order valence-electron chi connectivity index (χ4n) is 14.5. The molecule has 0 aliphatic carbocycles. The van der Waals surface area contributed by atoms with E-state index in [-0.39, 0.29) is 123 Å². The Balaban J connectivity index is 0.000000225. The molecule has 12 rings (SSSR count). The molecular formula is C88H124Cl4N12O38P4S4. The Labute approximate surface area is 895 Å². The Bertz CT molecular complexity index is 5970. The Kier molecular flexibility index (Phi) is 46.2. The molecule has 12 N–H and O–H groups in total. The number of aliphatic hydroxyl groups is 4. The number of phosphoric acid groups is 2. The number of amides is 2. The van der Waals surface area contributed by atoms with Crippen LogP contribution in [-0.4, -0.2) is 276 Å². The molecule has 10 heterocycles. The Morgan fingerprint density at radius 3 is 1.01 bits per heavy atom. The highest BCUT2D eigenvalue weighted by molar-refractivity contribution is 8.14. The van der Waals surface area contributed by atoms with Crippen molar-refractivity contribution in [2.75, 3.05) is 116 Å². The predicted molar refractivity (Wildman–Crippen MR) is 554 cm³/mol. The van der Waals surface area contributed by atoms with Gasteiger partial charge in [0.1, 0.15) is 68.3 Å². The lowest BCUT2D eigenvalue weighted by Gasteiger charge is -2.34. The number of halogens is 4. The van der Waals surface area contributed by atoms with Crippen LogP contribution in [0.15, 0.2) is 148 Å². The van der Waals surface area contributed by atoms with E-state index < -0.39 is 216 Å². The van der Waals surface area contributed by atoms with Crippen molar-refractivity contribution in [3.8, 4) is 0 Å². The monoisotopic (exact) mass is 2350 g/mol. The summed E-state index contributed by atoms with van der Waals surface area (Å²) in [6.07, 6.45) is -8.15. The van der Waals surface area contributed by atoms with Crippen LogP contribution in [0.2, 0.25) is 0 Å². The summed E-state index contributed by atoms with van der Waals surface area (Å²) in [5, 5.41) is 50.2. The van der Waals surface area contributed by atoms with E-state index in [4.69, 9.17) is 111 Å². The van der Waals surface area contributed by atoms with E-state index in [1.165, 1.54) is 52.9 Å². The van der Waals surface area contributed by atoms with E-state index in [9.17, 15) is 106 Å². The number of ether oxygens (including phenoxy) is 6. The van der Waals surface area contributed by atoms with E-state index in [2.05, 4.69) is 50.2 Å². The molecular weight excluding hydrogens is 2230 g/mol. The number of aromatic amines is 4. The van der Waals surface area contributed by atoms with Crippen molar-refractivity contribution in [2.45, 2.75) is 202 Å². The van der Waals surface area contributed by atoms with Crippen LogP contribution in [0.1, 0.15) is 132 Å². The highest BCUT2D eigenvalue weighted by atomic mass is 35.5. The fourth-order valence-corrected chi connectivity index (χ4v) is 25.3. The Morgan fingerprint density at radius 1 is 0.440 bits per heavy atom. The summed E-state index contributed by atoms with van der Waals surface area (Å²) in [7, 11) is -13.5. The molecule has 20 atom stereocenters. The van der Waals surface area contributed by atoms with E-state index in [1.807, 2.05) is 60.7 Å². The largest absolute Gasteiger partial charge is 0.475 e. The van der Waals surface area contributed by atoms with Gasteiger partial charge in [-0.1, -0.05) is 135 Å². The number of alkyl halides is 4. The number of benzene rings is 2. The first-order valence-electron chi connectivity index (χ1n) is 46.2. The second-order valence-corrected chi connectivity index (χ2v) is 51.9. The molecule has 150 heavy (non-hydrogen) atoms. The molecule has 6 fully saturated rings. The number of hydrogen-bond donors (Lipinski definition) is 12. The van der Waals surface area contributed by atoms with Gasteiger partial charge < -0.3 is 59.5 Å². The third kappa shape index (κ3) is 34.5. The van der Waals surface area contributed by atoms with Crippen molar-refractivity contribution in [3.63, 3.8) is 0 Å². The number of methoxy groups -OCH3 is 2. The minimum absolute atomic E-state index is 0.102. The zero-order chi connectivity index (χ0) is 111. The summed E-state index contributed by atoms with van der Waals surface area (Å²) < 4.78 is 145. The number of carbonyl (C=O) groups is 6. The maximum Gasteiger partial charge on any atom is 0.475 e. The van der Waals surface area contributed by atoms with Crippen LogP contribution < -0.4 is 65.8 Å². The van der Waals surface area contributed by atoms with E-state index in [0.29, 0.717) is 12.8 Å². The van der Waals surface area contributed by atoms with Crippen molar-refractivity contribution in [1.82, 2.24) is 59.0 Å². The number of fused-ring (bicyclic) bond motifs is 2. The molecule has 6 aromatic rings. The molecule has 0 bridgehead atoms. The summed E-state index contributed by atoms with van der Waals surface area (Å²) in [5.74, 6) is 0.674. The third-order valence-corrected chi connectivity index (χ3v) is 36.0. The lowest BCUT2D eigenvalue weighted by atomic mass is 9.91. The second-order valence-electron chi connectivity index (χ2n) is 37.5. The number of aromatic nitrogens is 8. The molecule has 836 valence electrons. The molecule has 2 aromatic carbocycles. The SMILES string of the molecule is CC(C)(CO)C(=O)SCCO[P@@]1(=O)OC[C@H]2O[C@@H](n3ccc(=O)[nH]c3=O)[C@](C)(Cl)[C@@H]2O1.CC(C)(CO)C(=O)SCCO[P@]1(=O)OC[C@H]2O[C@@H](n3ccc(=O)[nH]c3=O)[C@](C)(Cl)[C@@H]2O1.COC(=O)NCCC(C)(C)C(=O)SCCOP(=O)(NCc1ccccc1)OC[C@H]1O[C@@H](n2ccc(=O)[nH]c2=O)[C@](C)(Cl)[C@@H]1O.COC(=O)NCCC(C)(C)C(=O)SCCO[P@](=O)(NCc1ccccc1)OC[C@H]1O[C@@H](n2ccc(=O)[nH]c2=O)[C@](C)(Cl)[C@@H]1O. The van der Waals surface area contributed by atoms with Crippen LogP contribution in [0.25, 0.3) is 0 Å². The van der Waals surface area contributed by atoms with Crippen molar-refractivity contribution in [1.29, 1.82) is 0 Å². The van der Waals surface area contributed by atoms with Gasteiger partial charge >= 0.3 is 66.1 Å². The van der Waals surface area contributed by atoms with Gasteiger partial charge in [0, 0.05) is 109 Å². The summed E-state index contributed by atoms with van der Waals surface area (Å²) in [6.45, 7) is 18.1. The standard InChI is InChI=1S/2C27H38ClN4O10PS.2C17H24ClN2O9PS/c2*1-26(2,11-12-29-25(37)39-4)23(35)44-15-14-40-43(38,30-16-18-8-6-5-7-9-18)41-17-19-21(34)27(3,28)22(42-19)32-13-10-20(33)31-24(32)36;2*1-16(2,9-21)14(23)31-7-6-26-30(25)27-8-10-12(29-30)17(3,18)13(28-10)20-5-4-11(22)19-15(20)24/h2*5-10,13,19,21-22,34H,11-12,14-17H2,1-4H3,(H,29,37)(H,30,38)(H,31,33,36);2*4-5,10,12-13,21H,6-9H2,1-3H3,(H,19,22,24)/t19-,21-,22-,27-,43?;19-,21-,22-,27-,43-;10-,12-,13-,17-,30+;10-,12-,13-,17-,30-/m1111/s1. The molecule has 0 spiro atoms. The van der Waals surface area contributed by atoms with Crippen LogP contribution >= 0.6 is 125 Å². The fraction of sp³-hybridized carbons (Fsp3) is 0.614. The summed E-state index contributed by atoms with van der Waals surface area (Å²) in [5.41, 5.74) is -7.03. The van der Waals surface area contributed by atoms with Crippen LogP contribution in [0.3, 0.4) is 0 Å².